The lowest BCUT2D eigenvalue weighted by Crippen LogP contribution is -2.17. The van der Waals surface area contributed by atoms with Crippen molar-refractivity contribution in [1.82, 2.24) is 0 Å². The number of halogens is 6. The minimum absolute atomic E-state index is 0.0601. The second-order valence-corrected chi connectivity index (χ2v) is 5.83. The lowest BCUT2D eigenvalue weighted by molar-refractivity contribution is 0.352. The average molecular weight is 356 g/mol. The van der Waals surface area contributed by atoms with E-state index in [-0.39, 0.29) is 5.56 Å². The number of benzene rings is 2. The van der Waals surface area contributed by atoms with E-state index in [1.54, 1.807) is 0 Å². The highest BCUT2D eigenvalue weighted by molar-refractivity contribution is 7.87. The van der Waals surface area contributed by atoms with E-state index < -0.39 is 55.7 Å². The maximum atomic E-state index is 13.5. The normalized spacial score (nSPS) is 11.6. The molecule has 0 bridgehead atoms. The van der Waals surface area contributed by atoms with Crippen LogP contribution in [0.2, 0.25) is 0 Å². The summed E-state index contributed by atoms with van der Waals surface area (Å²) in [5.41, 5.74) is -0.0601. The summed E-state index contributed by atoms with van der Waals surface area (Å²) in [4.78, 5) is -2.13. The first-order chi connectivity index (χ1) is 10.6. The topological polar surface area (TPSA) is 43.4 Å². The second kappa shape index (κ2) is 5.76. The zero-order valence-corrected chi connectivity index (χ0v) is 11.9. The zero-order chi connectivity index (χ0) is 17.5. The molecule has 0 aromatic heterocycles. The largest absolute Gasteiger partial charge is 0.379 e. The predicted molar refractivity (Wildman–Crippen MR) is 65.2 cm³/mol. The summed E-state index contributed by atoms with van der Waals surface area (Å²) in [5, 5.41) is 0. The third-order valence-electron chi connectivity index (χ3n) is 2.75. The lowest BCUT2D eigenvalue weighted by Gasteiger charge is -2.11. The fraction of sp³-hybridized carbons (Fsp3) is 0.0769. The van der Waals surface area contributed by atoms with Crippen molar-refractivity contribution in [2.45, 2.75) is 11.8 Å². The number of hydrogen-bond donors (Lipinski definition) is 0. The standard InChI is InChI=1S/C13H6F6O3S/c1-5-4-6(2-3-7(5)14)22-23(20,21)13-11(18)9(16)8(15)10(17)12(13)19/h2-4H,1H3. The number of hydrogen-bond acceptors (Lipinski definition) is 3. The van der Waals surface area contributed by atoms with Gasteiger partial charge in [0.15, 0.2) is 28.2 Å². The molecule has 124 valence electrons. The summed E-state index contributed by atoms with van der Waals surface area (Å²) in [6.45, 7) is 1.24. The van der Waals surface area contributed by atoms with Crippen LogP contribution >= 0.6 is 0 Å². The molecule has 0 saturated heterocycles. The van der Waals surface area contributed by atoms with Crippen LogP contribution in [0.4, 0.5) is 26.3 Å². The molecule has 2 aromatic rings. The fourth-order valence-electron chi connectivity index (χ4n) is 1.64. The Kier molecular flexibility index (Phi) is 4.29. The Balaban J connectivity index is 2.58. The SMILES string of the molecule is Cc1cc(OS(=O)(=O)c2c(F)c(F)c(F)c(F)c2F)ccc1F. The van der Waals surface area contributed by atoms with Gasteiger partial charge in [0.05, 0.1) is 0 Å². The van der Waals surface area contributed by atoms with Crippen LogP contribution < -0.4 is 4.18 Å². The monoisotopic (exact) mass is 356 g/mol. The fourth-order valence-corrected chi connectivity index (χ4v) is 2.70. The van der Waals surface area contributed by atoms with Gasteiger partial charge in [0, 0.05) is 0 Å². The number of rotatable bonds is 3. The van der Waals surface area contributed by atoms with Gasteiger partial charge >= 0.3 is 10.1 Å². The molecular formula is C13H6F6O3S. The van der Waals surface area contributed by atoms with Gasteiger partial charge in [-0.2, -0.15) is 8.42 Å². The predicted octanol–water partition coefficient (Wildman–Crippen LogP) is 3.60. The van der Waals surface area contributed by atoms with Crippen LogP contribution in [0.1, 0.15) is 5.56 Å². The van der Waals surface area contributed by atoms with Gasteiger partial charge in [-0.15, -0.1) is 0 Å². The van der Waals surface area contributed by atoms with E-state index in [2.05, 4.69) is 4.18 Å². The third kappa shape index (κ3) is 2.98. The molecule has 0 radical (unpaired) electrons. The van der Waals surface area contributed by atoms with Crippen molar-refractivity contribution in [2.75, 3.05) is 0 Å². The Bertz CT molecular complexity index is 866. The molecule has 0 aliphatic carbocycles. The smallest absolute Gasteiger partial charge is 0.345 e. The quantitative estimate of drug-likeness (QED) is 0.365. The van der Waals surface area contributed by atoms with Crippen LogP contribution in [0.5, 0.6) is 5.75 Å². The summed E-state index contributed by atoms with van der Waals surface area (Å²) >= 11 is 0. The second-order valence-electron chi connectivity index (χ2n) is 4.35. The molecule has 0 aliphatic rings. The first-order valence-corrected chi connectivity index (χ1v) is 7.19. The van der Waals surface area contributed by atoms with Gasteiger partial charge < -0.3 is 4.18 Å². The molecule has 0 heterocycles. The Labute approximate surface area is 126 Å². The molecule has 0 spiro atoms. The highest BCUT2D eigenvalue weighted by atomic mass is 32.2. The molecule has 0 aliphatic heterocycles. The molecule has 0 amide bonds. The van der Waals surface area contributed by atoms with E-state index in [1.807, 2.05) is 0 Å². The van der Waals surface area contributed by atoms with Gasteiger partial charge in [0.25, 0.3) is 0 Å². The Morgan fingerprint density at radius 1 is 0.826 bits per heavy atom. The van der Waals surface area contributed by atoms with Gasteiger partial charge in [0.1, 0.15) is 11.6 Å². The summed E-state index contributed by atoms with van der Waals surface area (Å²) in [6.07, 6.45) is 0. The Morgan fingerprint density at radius 3 is 1.78 bits per heavy atom. The third-order valence-corrected chi connectivity index (χ3v) is 4.03. The van der Waals surface area contributed by atoms with E-state index in [1.165, 1.54) is 6.92 Å². The zero-order valence-electron chi connectivity index (χ0n) is 11.1. The van der Waals surface area contributed by atoms with Crippen molar-refractivity contribution in [2.24, 2.45) is 0 Å². The van der Waals surface area contributed by atoms with Crippen LogP contribution in [-0.4, -0.2) is 8.42 Å². The molecule has 0 fully saturated rings. The minimum atomic E-state index is -5.39. The summed E-state index contributed by atoms with van der Waals surface area (Å²) in [7, 11) is -5.39. The molecule has 23 heavy (non-hydrogen) atoms. The molecule has 10 heteroatoms. The Hall–Kier alpha value is -2.23. The molecule has 2 aromatic carbocycles. The first kappa shape index (κ1) is 17.1. The molecular weight excluding hydrogens is 350 g/mol. The van der Waals surface area contributed by atoms with Gasteiger partial charge in [-0.3, -0.25) is 0 Å². The van der Waals surface area contributed by atoms with E-state index in [0.29, 0.717) is 0 Å². The maximum Gasteiger partial charge on any atom is 0.345 e. The minimum Gasteiger partial charge on any atom is -0.379 e. The van der Waals surface area contributed by atoms with Crippen LogP contribution in [0, 0.1) is 41.8 Å². The van der Waals surface area contributed by atoms with Gasteiger partial charge in [-0.25, -0.2) is 26.3 Å². The van der Waals surface area contributed by atoms with E-state index in [4.69, 9.17) is 0 Å². The maximum absolute atomic E-state index is 13.5. The average Bonchev–Trinajstić information content (AvgIpc) is 2.46. The molecule has 0 atom stereocenters. The van der Waals surface area contributed by atoms with Crippen LogP contribution in [0.3, 0.4) is 0 Å². The van der Waals surface area contributed by atoms with E-state index >= 15 is 0 Å². The highest BCUT2D eigenvalue weighted by Gasteiger charge is 2.35. The lowest BCUT2D eigenvalue weighted by atomic mass is 10.2. The molecule has 3 nitrogen and oxygen atoms in total. The van der Waals surface area contributed by atoms with Crippen molar-refractivity contribution in [3.8, 4) is 5.75 Å². The number of aryl methyl sites for hydroxylation is 1. The van der Waals surface area contributed by atoms with Crippen LogP contribution in [0.25, 0.3) is 0 Å². The first-order valence-electron chi connectivity index (χ1n) is 5.78. The van der Waals surface area contributed by atoms with E-state index in [9.17, 15) is 34.8 Å². The highest BCUT2D eigenvalue weighted by Crippen LogP contribution is 2.29. The van der Waals surface area contributed by atoms with Gasteiger partial charge in [0.2, 0.25) is 5.82 Å². The van der Waals surface area contributed by atoms with Crippen molar-refractivity contribution >= 4 is 10.1 Å². The summed E-state index contributed by atoms with van der Waals surface area (Å²) in [5.74, 6) is -13.8. The van der Waals surface area contributed by atoms with Crippen molar-refractivity contribution in [1.29, 1.82) is 0 Å². The van der Waals surface area contributed by atoms with Crippen LogP contribution in [0.15, 0.2) is 23.1 Å². The van der Waals surface area contributed by atoms with Gasteiger partial charge in [-0.05, 0) is 30.7 Å². The van der Waals surface area contributed by atoms with E-state index in [0.717, 1.165) is 18.2 Å². The van der Waals surface area contributed by atoms with Crippen molar-refractivity contribution < 1.29 is 38.9 Å². The Morgan fingerprint density at radius 2 is 1.30 bits per heavy atom. The summed E-state index contributed by atoms with van der Waals surface area (Å²) < 4.78 is 107. The molecule has 2 rings (SSSR count). The summed E-state index contributed by atoms with van der Waals surface area (Å²) in [6, 6.07) is 2.49. The molecule has 0 saturated carbocycles. The molecule has 0 unspecified atom stereocenters. The van der Waals surface area contributed by atoms with Crippen molar-refractivity contribution in [3.63, 3.8) is 0 Å². The molecule has 0 N–H and O–H groups in total. The van der Waals surface area contributed by atoms with Crippen molar-refractivity contribution in [3.05, 3.63) is 58.7 Å². The van der Waals surface area contributed by atoms with Gasteiger partial charge in [-0.1, -0.05) is 0 Å². The van der Waals surface area contributed by atoms with Crippen LogP contribution in [-0.2, 0) is 10.1 Å².